The van der Waals surface area contributed by atoms with Gasteiger partial charge in [-0.15, -0.1) is 0 Å². The molecule has 1 fully saturated rings. The van der Waals surface area contributed by atoms with E-state index in [1.54, 1.807) is 4.90 Å². The third kappa shape index (κ3) is 2.35. The number of hydrogen-bond donors (Lipinski definition) is 0. The molecule has 0 N–H and O–H groups in total. The van der Waals surface area contributed by atoms with Crippen molar-refractivity contribution in [2.75, 3.05) is 26.2 Å². The molecule has 2 nitrogen and oxygen atoms in total. The van der Waals surface area contributed by atoms with E-state index in [9.17, 15) is 13.2 Å². The van der Waals surface area contributed by atoms with Crippen LogP contribution >= 0.6 is 0 Å². The Hall–Kier alpha value is -0.290. The lowest BCUT2D eigenvalue weighted by Gasteiger charge is -2.32. The van der Waals surface area contributed by atoms with Gasteiger partial charge in [-0.3, -0.25) is 4.90 Å². The topological polar surface area (TPSA) is 12.5 Å². The molecule has 1 rings (SSSR count). The Morgan fingerprint density at radius 3 is 2.67 bits per heavy atom. The Morgan fingerprint density at radius 2 is 2.17 bits per heavy atom. The average molecular weight is 183 g/mol. The van der Waals surface area contributed by atoms with E-state index in [4.69, 9.17) is 0 Å². The fraction of sp³-hybridized carbons (Fsp3) is 1.00. The fourth-order valence-corrected chi connectivity index (χ4v) is 1.19. The van der Waals surface area contributed by atoms with E-state index in [1.165, 1.54) is 0 Å². The number of halogens is 3. The summed E-state index contributed by atoms with van der Waals surface area (Å²) in [5, 5.41) is 0. The van der Waals surface area contributed by atoms with Crippen LogP contribution in [0.3, 0.4) is 0 Å². The monoisotopic (exact) mass is 183 g/mol. The van der Waals surface area contributed by atoms with E-state index in [-0.39, 0.29) is 13.2 Å². The molecular formula is C7H12F3NO. The highest BCUT2D eigenvalue weighted by Gasteiger charge is 2.42. The summed E-state index contributed by atoms with van der Waals surface area (Å²) >= 11 is 0. The predicted octanol–water partition coefficient (Wildman–Crippen LogP) is 1.27. The second kappa shape index (κ2) is 3.62. The van der Waals surface area contributed by atoms with Crippen LogP contribution in [0.5, 0.6) is 0 Å². The first-order valence-electron chi connectivity index (χ1n) is 3.94. The maximum atomic E-state index is 12.1. The van der Waals surface area contributed by atoms with Crippen molar-refractivity contribution < 1.29 is 17.9 Å². The Morgan fingerprint density at radius 1 is 1.50 bits per heavy atom. The number of ether oxygens (including phenoxy) is 1. The summed E-state index contributed by atoms with van der Waals surface area (Å²) in [6.45, 7) is 3.25. The summed E-state index contributed by atoms with van der Waals surface area (Å²) < 4.78 is 40.9. The quantitative estimate of drug-likeness (QED) is 0.607. The molecule has 5 heteroatoms. The Bertz CT molecular complexity index is 148. The van der Waals surface area contributed by atoms with Crippen LogP contribution < -0.4 is 0 Å². The Labute approximate surface area is 69.3 Å². The lowest BCUT2D eigenvalue weighted by molar-refractivity contribution is -0.236. The van der Waals surface area contributed by atoms with Crippen molar-refractivity contribution in [3.63, 3.8) is 0 Å². The van der Waals surface area contributed by atoms with E-state index in [0.717, 1.165) is 0 Å². The van der Waals surface area contributed by atoms with Crippen molar-refractivity contribution in [2.24, 2.45) is 0 Å². The van der Waals surface area contributed by atoms with Crippen LogP contribution in [0.25, 0.3) is 0 Å². The molecule has 0 aromatic rings. The van der Waals surface area contributed by atoms with Crippen molar-refractivity contribution >= 4 is 0 Å². The van der Waals surface area contributed by atoms with Crippen LogP contribution in [0.2, 0.25) is 0 Å². The van der Waals surface area contributed by atoms with Gasteiger partial charge in [0.1, 0.15) is 0 Å². The molecule has 0 bridgehead atoms. The average Bonchev–Trinajstić information content (AvgIpc) is 2.03. The van der Waals surface area contributed by atoms with Gasteiger partial charge in [0.15, 0.2) is 6.10 Å². The van der Waals surface area contributed by atoms with Crippen molar-refractivity contribution in [2.45, 2.75) is 19.2 Å². The number of morpholine rings is 1. The van der Waals surface area contributed by atoms with Gasteiger partial charge in [0.25, 0.3) is 0 Å². The van der Waals surface area contributed by atoms with Gasteiger partial charge in [-0.05, 0) is 6.54 Å². The lowest BCUT2D eigenvalue weighted by Crippen LogP contribution is -2.48. The van der Waals surface area contributed by atoms with Gasteiger partial charge < -0.3 is 4.74 Å². The third-order valence-corrected chi connectivity index (χ3v) is 1.96. The van der Waals surface area contributed by atoms with Crippen molar-refractivity contribution in [1.29, 1.82) is 0 Å². The number of hydrogen-bond acceptors (Lipinski definition) is 2. The van der Waals surface area contributed by atoms with Gasteiger partial charge in [-0.2, -0.15) is 13.2 Å². The van der Waals surface area contributed by atoms with E-state index >= 15 is 0 Å². The molecule has 0 amide bonds. The van der Waals surface area contributed by atoms with Crippen LogP contribution in [0.1, 0.15) is 6.92 Å². The summed E-state index contributed by atoms with van der Waals surface area (Å²) in [6.07, 6.45) is -5.81. The zero-order valence-corrected chi connectivity index (χ0v) is 6.90. The van der Waals surface area contributed by atoms with Gasteiger partial charge in [-0.25, -0.2) is 0 Å². The maximum absolute atomic E-state index is 12.1. The molecule has 1 heterocycles. The number of nitrogens with zero attached hydrogens (tertiary/aromatic N) is 1. The molecule has 0 aliphatic carbocycles. The summed E-state index contributed by atoms with van der Waals surface area (Å²) in [7, 11) is 0. The molecule has 1 saturated heterocycles. The Balaban J connectivity index is 2.46. The highest BCUT2D eigenvalue weighted by atomic mass is 19.4. The second-order valence-electron chi connectivity index (χ2n) is 2.79. The van der Waals surface area contributed by atoms with Crippen molar-refractivity contribution in [3.8, 4) is 0 Å². The van der Waals surface area contributed by atoms with Crippen LogP contribution in [0, 0.1) is 0 Å². The van der Waals surface area contributed by atoms with Gasteiger partial charge >= 0.3 is 6.18 Å². The largest absolute Gasteiger partial charge is 0.415 e. The Kier molecular flexibility index (Phi) is 2.95. The first-order valence-corrected chi connectivity index (χ1v) is 3.94. The first kappa shape index (κ1) is 9.80. The number of likely N-dealkylation sites (N-methyl/N-ethyl adjacent to an activating group) is 1. The summed E-state index contributed by atoms with van der Waals surface area (Å²) in [6, 6.07) is 0. The van der Waals surface area contributed by atoms with Gasteiger partial charge in [0.2, 0.25) is 0 Å². The van der Waals surface area contributed by atoms with Crippen molar-refractivity contribution in [1.82, 2.24) is 4.90 Å². The number of rotatable bonds is 1. The predicted molar refractivity (Wildman–Crippen MR) is 37.9 cm³/mol. The fourth-order valence-electron chi connectivity index (χ4n) is 1.19. The molecule has 0 spiro atoms. The van der Waals surface area contributed by atoms with Crippen LogP contribution in [0.4, 0.5) is 13.2 Å². The summed E-state index contributed by atoms with van der Waals surface area (Å²) in [5.41, 5.74) is 0. The minimum atomic E-state index is -4.21. The van der Waals surface area contributed by atoms with Gasteiger partial charge in [0, 0.05) is 13.1 Å². The van der Waals surface area contributed by atoms with Gasteiger partial charge in [-0.1, -0.05) is 6.92 Å². The lowest BCUT2D eigenvalue weighted by atomic mass is 10.2. The minimum Gasteiger partial charge on any atom is -0.366 e. The number of alkyl halides is 3. The molecule has 1 aliphatic rings. The smallest absolute Gasteiger partial charge is 0.366 e. The summed E-state index contributed by atoms with van der Waals surface area (Å²) in [4.78, 5) is 1.74. The molecule has 0 unspecified atom stereocenters. The molecule has 72 valence electrons. The molecule has 0 aromatic carbocycles. The standard InChI is InChI=1S/C7H12F3NO/c1-2-11-3-4-12-6(5-11)7(8,9)10/h6H,2-5H2,1H3/t6-/m1/s1. The van der Waals surface area contributed by atoms with E-state index in [0.29, 0.717) is 13.1 Å². The molecule has 1 aliphatic heterocycles. The minimum absolute atomic E-state index is 0.0278. The molecule has 0 radical (unpaired) electrons. The third-order valence-electron chi connectivity index (χ3n) is 1.96. The molecule has 0 saturated carbocycles. The van der Waals surface area contributed by atoms with Crippen molar-refractivity contribution in [3.05, 3.63) is 0 Å². The molecule has 0 aromatic heterocycles. The zero-order chi connectivity index (χ0) is 9.19. The maximum Gasteiger partial charge on any atom is 0.415 e. The van der Waals surface area contributed by atoms with E-state index < -0.39 is 12.3 Å². The zero-order valence-electron chi connectivity index (χ0n) is 6.90. The van der Waals surface area contributed by atoms with Crippen LogP contribution in [0.15, 0.2) is 0 Å². The summed E-state index contributed by atoms with van der Waals surface area (Å²) in [5.74, 6) is 0. The van der Waals surface area contributed by atoms with Gasteiger partial charge in [0.05, 0.1) is 6.61 Å². The van der Waals surface area contributed by atoms with E-state index in [2.05, 4.69) is 4.74 Å². The first-order chi connectivity index (χ1) is 5.54. The highest BCUT2D eigenvalue weighted by Crippen LogP contribution is 2.25. The molecule has 12 heavy (non-hydrogen) atoms. The van der Waals surface area contributed by atoms with Crippen LogP contribution in [-0.2, 0) is 4.74 Å². The molecule has 1 atom stereocenters. The molecular weight excluding hydrogens is 171 g/mol. The SMILES string of the molecule is CCN1CCO[C@@H](C(F)(F)F)C1. The van der Waals surface area contributed by atoms with Crippen LogP contribution in [-0.4, -0.2) is 43.4 Å². The highest BCUT2D eigenvalue weighted by molar-refractivity contribution is 4.76. The van der Waals surface area contributed by atoms with E-state index in [1.807, 2.05) is 6.92 Å². The normalized spacial score (nSPS) is 27.5. The second-order valence-corrected chi connectivity index (χ2v) is 2.79.